The van der Waals surface area contributed by atoms with Crippen LogP contribution in [0.3, 0.4) is 0 Å². The minimum atomic E-state index is 0.536. The molecule has 2 saturated heterocycles. The topological polar surface area (TPSA) is 18.5 Å². The zero-order valence-corrected chi connectivity index (χ0v) is 13.5. The summed E-state index contributed by atoms with van der Waals surface area (Å²) in [7, 11) is 0. The first kappa shape index (κ1) is 14.9. The average molecular weight is 287 g/mol. The summed E-state index contributed by atoms with van der Waals surface area (Å²) in [5.41, 5.74) is 2.88. The number of nitrogens with zero attached hydrogens (tertiary/aromatic N) is 2. The first-order valence-corrected chi connectivity index (χ1v) is 8.54. The van der Waals surface area contributed by atoms with Crippen LogP contribution in [0.1, 0.15) is 38.7 Å². The van der Waals surface area contributed by atoms with Crippen molar-refractivity contribution < 1.29 is 0 Å². The molecule has 0 radical (unpaired) electrons. The third kappa shape index (κ3) is 3.58. The third-order valence-corrected chi connectivity index (χ3v) is 4.85. The minimum absolute atomic E-state index is 0.536. The summed E-state index contributed by atoms with van der Waals surface area (Å²) in [6.45, 7) is 10.4. The van der Waals surface area contributed by atoms with Gasteiger partial charge in [-0.05, 0) is 44.0 Å². The summed E-state index contributed by atoms with van der Waals surface area (Å²) in [6.07, 6.45) is 4.11. The van der Waals surface area contributed by atoms with Crippen LogP contribution in [0.25, 0.3) is 0 Å². The SMILES string of the molecule is CC(C)NCc1ccccc1N1CCC(N2CCCC2)C1. The molecular weight excluding hydrogens is 258 g/mol. The fourth-order valence-electron chi connectivity index (χ4n) is 3.65. The van der Waals surface area contributed by atoms with Gasteiger partial charge < -0.3 is 10.2 Å². The molecule has 1 unspecified atom stereocenters. The fourth-order valence-corrected chi connectivity index (χ4v) is 3.65. The number of likely N-dealkylation sites (tertiary alicyclic amines) is 1. The van der Waals surface area contributed by atoms with Crippen LogP contribution in [0.2, 0.25) is 0 Å². The second kappa shape index (κ2) is 6.80. The van der Waals surface area contributed by atoms with Crippen molar-refractivity contribution >= 4 is 5.69 Å². The molecule has 0 bridgehead atoms. The highest BCUT2D eigenvalue weighted by Crippen LogP contribution is 2.28. The molecule has 21 heavy (non-hydrogen) atoms. The number of rotatable bonds is 5. The van der Waals surface area contributed by atoms with Gasteiger partial charge in [0.25, 0.3) is 0 Å². The quantitative estimate of drug-likeness (QED) is 0.898. The Morgan fingerprint density at radius 3 is 2.67 bits per heavy atom. The predicted octanol–water partition coefficient (Wildman–Crippen LogP) is 2.86. The number of nitrogens with one attached hydrogen (secondary N) is 1. The molecule has 1 aromatic carbocycles. The molecule has 2 fully saturated rings. The Morgan fingerprint density at radius 2 is 1.90 bits per heavy atom. The van der Waals surface area contributed by atoms with Crippen molar-refractivity contribution in [3.8, 4) is 0 Å². The fraction of sp³-hybridized carbons (Fsp3) is 0.667. The normalized spacial score (nSPS) is 23.4. The molecule has 3 heteroatoms. The van der Waals surface area contributed by atoms with Crippen LogP contribution in [-0.4, -0.2) is 43.2 Å². The Balaban J connectivity index is 1.66. The number of para-hydroxylation sites is 1. The van der Waals surface area contributed by atoms with Crippen molar-refractivity contribution in [2.24, 2.45) is 0 Å². The van der Waals surface area contributed by atoms with Crippen LogP contribution in [-0.2, 0) is 6.54 Å². The first-order valence-electron chi connectivity index (χ1n) is 8.54. The highest BCUT2D eigenvalue weighted by molar-refractivity contribution is 5.54. The highest BCUT2D eigenvalue weighted by Gasteiger charge is 2.29. The van der Waals surface area contributed by atoms with Gasteiger partial charge in [-0.3, -0.25) is 4.90 Å². The molecular formula is C18H29N3. The second-order valence-corrected chi connectivity index (χ2v) is 6.80. The van der Waals surface area contributed by atoms with E-state index in [0.717, 1.165) is 12.6 Å². The van der Waals surface area contributed by atoms with E-state index in [1.165, 1.54) is 56.7 Å². The molecule has 2 aliphatic rings. The second-order valence-electron chi connectivity index (χ2n) is 6.80. The molecule has 0 spiro atoms. The molecule has 1 atom stereocenters. The maximum atomic E-state index is 3.55. The molecule has 0 aliphatic carbocycles. The molecule has 1 aromatic rings. The van der Waals surface area contributed by atoms with E-state index in [9.17, 15) is 0 Å². The maximum Gasteiger partial charge on any atom is 0.0412 e. The zero-order valence-electron chi connectivity index (χ0n) is 13.5. The van der Waals surface area contributed by atoms with E-state index in [1.54, 1.807) is 0 Å². The van der Waals surface area contributed by atoms with Gasteiger partial charge in [0, 0.05) is 37.4 Å². The van der Waals surface area contributed by atoms with Gasteiger partial charge in [0.05, 0.1) is 0 Å². The molecule has 0 saturated carbocycles. The number of hydrogen-bond acceptors (Lipinski definition) is 3. The van der Waals surface area contributed by atoms with Gasteiger partial charge in [-0.2, -0.15) is 0 Å². The number of benzene rings is 1. The molecule has 3 rings (SSSR count). The van der Waals surface area contributed by atoms with Crippen LogP contribution in [0, 0.1) is 0 Å². The van der Waals surface area contributed by atoms with Crippen LogP contribution in [0.5, 0.6) is 0 Å². The Kier molecular flexibility index (Phi) is 4.81. The maximum absolute atomic E-state index is 3.55. The van der Waals surface area contributed by atoms with Gasteiger partial charge in [-0.1, -0.05) is 32.0 Å². The summed E-state index contributed by atoms with van der Waals surface area (Å²) in [6, 6.07) is 10.2. The Labute approximate surface area is 129 Å². The van der Waals surface area contributed by atoms with Crippen molar-refractivity contribution in [3.05, 3.63) is 29.8 Å². The van der Waals surface area contributed by atoms with Gasteiger partial charge in [0.15, 0.2) is 0 Å². The van der Waals surface area contributed by atoms with Crippen LogP contribution < -0.4 is 10.2 Å². The zero-order chi connectivity index (χ0) is 14.7. The van der Waals surface area contributed by atoms with E-state index in [0.29, 0.717) is 6.04 Å². The first-order chi connectivity index (χ1) is 10.2. The van der Waals surface area contributed by atoms with Crippen LogP contribution in [0.4, 0.5) is 5.69 Å². The lowest BCUT2D eigenvalue weighted by atomic mass is 10.1. The van der Waals surface area contributed by atoms with E-state index in [-0.39, 0.29) is 0 Å². The van der Waals surface area contributed by atoms with Crippen molar-refractivity contribution in [3.63, 3.8) is 0 Å². The van der Waals surface area contributed by atoms with Crippen molar-refractivity contribution in [2.75, 3.05) is 31.1 Å². The monoisotopic (exact) mass is 287 g/mol. The summed E-state index contributed by atoms with van der Waals surface area (Å²) < 4.78 is 0. The molecule has 1 N–H and O–H groups in total. The Bertz CT molecular complexity index is 452. The van der Waals surface area contributed by atoms with E-state index < -0.39 is 0 Å². The minimum Gasteiger partial charge on any atom is -0.370 e. The van der Waals surface area contributed by atoms with Crippen molar-refractivity contribution in [1.82, 2.24) is 10.2 Å². The van der Waals surface area contributed by atoms with Crippen LogP contribution in [0.15, 0.2) is 24.3 Å². The number of anilines is 1. The van der Waals surface area contributed by atoms with E-state index in [1.807, 2.05) is 0 Å². The van der Waals surface area contributed by atoms with Crippen molar-refractivity contribution in [1.29, 1.82) is 0 Å². The Hall–Kier alpha value is -1.06. The summed E-state index contributed by atoms with van der Waals surface area (Å²) in [4.78, 5) is 5.30. The Morgan fingerprint density at radius 1 is 1.14 bits per heavy atom. The standard InChI is InChI=1S/C18H29N3/c1-15(2)19-13-16-7-3-4-8-18(16)21-12-9-17(14-21)20-10-5-6-11-20/h3-4,7-8,15,17,19H,5-6,9-14H2,1-2H3. The molecule has 0 amide bonds. The van der Waals surface area contributed by atoms with Crippen molar-refractivity contribution in [2.45, 2.75) is 51.7 Å². The molecule has 2 heterocycles. The highest BCUT2D eigenvalue weighted by atomic mass is 15.3. The van der Waals surface area contributed by atoms with Gasteiger partial charge >= 0.3 is 0 Å². The molecule has 116 valence electrons. The summed E-state index contributed by atoms with van der Waals surface area (Å²) in [5, 5.41) is 3.55. The van der Waals surface area contributed by atoms with E-state index >= 15 is 0 Å². The summed E-state index contributed by atoms with van der Waals surface area (Å²) in [5.74, 6) is 0. The lowest BCUT2D eigenvalue weighted by Gasteiger charge is -2.26. The molecule has 3 nitrogen and oxygen atoms in total. The van der Waals surface area contributed by atoms with Gasteiger partial charge in [0.1, 0.15) is 0 Å². The lowest BCUT2D eigenvalue weighted by Crippen LogP contribution is -2.35. The molecule has 0 aromatic heterocycles. The van der Waals surface area contributed by atoms with Crippen LogP contribution >= 0.6 is 0 Å². The predicted molar refractivity (Wildman–Crippen MR) is 89.8 cm³/mol. The number of hydrogen-bond donors (Lipinski definition) is 1. The largest absolute Gasteiger partial charge is 0.370 e. The van der Waals surface area contributed by atoms with E-state index in [4.69, 9.17) is 0 Å². The van der Waals surface area contributed by atoms with Gasteiger partial charge in [-0.25, -0.2) is 0 Å². The smallest absolute Gasteiger partial charge is 0.0412 e. The molecule has 2 aliphatic heterocycles. The third-order valence-electron chi connectivity index (χ3n) is 4.85. The van der Waals surface area contributed by atoms with Gasteiger partial charge in [-0.15, -0.1) is 0 Å². The average Bonchev–Trinajstić information content (AvgIpc) is 3.16. The van der Waals surface area contributed by atoms with Gasteiger partial charge in [0.2, 0.25) is 0 Å². The lowest BCUT2D eigenvalue weighted by molar-refractivity contribution is 0.260. The van der Waals surface area contributed by atoms with E-state index in [2.05, 4.69) is 53.2 Å². The summed E-state index contributed by atoms with van der Waals surface area (Å²) >= 11 is 0.